The summed E-state index contributed by atoms with van der Waals surface area (Å²) in [4.78, 5) is 15.9. The number of hydrogen-bond acceptors (Lipinski definition) is 3. The molecule has 1 saturated carbocycles. The molecule has 4 heteroatoms. The minimum Gasteiger partial charge on any atom is -0.461 e. The Balaban J connectivity index is 1.82. The maximum atomic E-state index is 13.0. The summed E-state index contributed by atoms with van der Waals surface area (Å²) in [7, 11) is 0. The summed E-state index contributed by atoms with van der Waals surface area (Å²) in [6, 6.07) is 7.52. The summed E-state index contributed by atoms with van der Waals surface area (Å²) >= 11 is 0. The van der Waals surface area contributed by atoms with Crippen LogP contribution in [0.25, 0.3) is 10.9 Å². The summed E-state index contributed by atoms with van der Waals surface area (Å²) in [5.74, 6) is -0.190. The van der Waals surface area contributed by atoms with Gasteiger partial charge in [-0.25, -0.2) is 14.2 Å². The van der Waals surface area contributed by atoms with Crippen molar-refractivity contribution >= 4 is 16.9 Å². The van der Waals surface area contributed by atoms with Gasteiger partial charge >= 0.3 is 5.97 Å². The Bertz CT molecular complexity index is 608. The fourth-order valence-electron chi connectivity index (χ4n) is 1.76. The Morgan fingerprint density at radius 1 is 1.33 bits per heavy atom. The maximum Gasteiger partial charge on any atom is 0.356 e. The first kappa shape index (κ1) is 11.1. The zero-order valence-electron chi connectivity index (χ0n) is 9.73. The van der Waals surface area contributed by atoms with Crippen LogP contribution in [0.2, 0.25) is 0 Å². The van der Waals surface area contributed by atoms with E-state index >= 15 is 0 Å². The number of fused-ring (bicyclic) bond motifs is 1. The summed E-state index contributed by atoms with van der Waals surface area (Å²) in [6.45, 7) is 0.474. The van der Waals surface area contributed by atoms with Crippen molar-refractivity contribution in [2.24, 2.45) is 5.92 Å². The van der Waals surface area contributed by atoms with E-state index in [4.69, 9.17) is 4.74 Å². The molecule has 0 bridgehead atoms. The Kier molecular flexibility index (Phi) is 2.70. The molecule has 1 aliphatic rings. The van der Waals surface area contributed by atoms with Gasteiger partial charge in [-0.15, -0.1) is 0 Å². The van der Waals surface area contributed by atoms with Crippen LogP contribution in [0.3, 0.4) is 0 Å². The first-order chi connectivity index (χ1) is 8.72. The van der Waals surface area contributed by atoms with Gasteiger partial charge in [0, 0.05) is 5.39 Å². The molecule has 0 aliphatic heterocycles. The van der Waals surface area contributed by atoms with Crippen LogP contribution in [-0.4, -0.2) is 17.6 Å². The van der Waals surface area contributed by atoms with Crippen LogP contribution >= 0.6 is 0 Å². The third-order valence-electron chi connectivity index (χ3n) is 3.01. The number of nitrogens with zero attached hydrogens (tertiary/aromatic N) is 1. The zero-order valence-corrected chi connectivity index (χ0v) is 9.73. The average molecular weight is 245 g/mol. The smallest absolute Gasteiger partial charge is 0.356 e. The SMILES string of the molecule is O=C(OCC1CC1)c1ccc2cc(F)ccc2n1. The highest BCUT2D eigenvalue weighted by atomic mass is 19.1. The highest BCUT2D eigenvalue weighted by Gasteiger charge is 2.23. The molecule has 0 amide bonds. The molecule has 1 heterocycles. The van der Waals surface area contributed by atoms with Gasteiger partial charge in [0.05, 0.1) is 12.1 Å². The summed E-state index contributed by atoms with van der Waals surface area (Å²) < 4.78 is 18.1. The molecule has 0 atom stereocenters. The fourth-order valence-corrected chi connectivity index (χ4v) is 1.76. The Morgan fingerprint density at radius 2 is 2.17 bits per heavy atom. The summed E-state index contributed by atoms with van der Waals surface area (Å²) in [5, 5.41) is 0.675. The predicted molar refractivity (Wildman–Crippen MR) is 64.7 cm³/mol. The molecular formula is C14H12FNO2. The molecule has 1 fully saturated rings. The van der Waals surface area contributed by atoms with Gasteiger partial charge in [0.15, 0.2) is 0 Å². The van der Waals surface area contributed by atoms with Gasteiger partial charge in [-0.1, -0.05) is 6.07 Å². The van der Waals surface area contributed by atoms with Crippen LogP contribution < -0.4 is 0 Å². The van der Waals surface area contributed by atoms with Gasteiger partial charge in [-0.05, 0) is 43.0 Å². The molecule has 0 unspecified atom stereocenters. The third-order valence-corrected chi connectivity index (χ3v) is 3.01. The van der Waals surface area contributed by atoms with E-state index in [1.165, 1.54) is 12.1 Å². The molecule has 3 nitrogen and oxygen atoms in total. The molecule has 92 valence electrons. The van der Waals surface area contributed by atoms with Gasteiger partial charge in [0.25, 0.3) is 0 Å². The summed E-state index contributed by atoms with van der Waals surface area (Å²) in [6.07, 6.45) is 2.27. The van der Waals surface area contributed by atoms with Crippen LogP contribution in [0.4, 0.5) is 4.39 Å². The number of esters is 1. The van der Waals surface area contributed by atoms with Crippen LogP contribution in [0.1, 0.15) is 23.3 Å². The van der Waals surface area contributed by atoms with E-state index in [1.807, 2.05) is 0 Å². The predicted octanol–water partition coefficient (Wildman–Crippen LogP) is 2.94. The molecule has 0 saturated heterocycles. The lowest BCUT2D eigenvalue weighted by atomic mass is 10.2. The van der Waals surface area contributed by atoms with Gasteiger partial charge in [-0.2, -0.15) is 0 Å². The minimum atomic E-state index is -0.409. The van der Waals surface area contributed by atoms with Crippen LogP contribution in [-0.2, 0) is 4.74 Å². The highest BCUT2D eigenvalue weighted by molar-refractivity contribution is 5.91. The lowest BCUT2D eigenvalue weighted by Gasteiger charge is -2.04. The van der Waals surface area contributed by atoms with Crippen molar-refractivity contribution in [2.45, 2.75) is 12.8 Å². The lowest BCUT2D eigenvalue weighted by Crippen LogP contribution is -2.09. The number of halogens is 1. The van der Waals surface area contributed by atoms with E-state index in [9.17, 15) is 9.18 Å². The number of aromatic nitrogens is 1. The van der Waals surface area contributed by atoms with E-state index in [-0.39, 0.29) is 11.5 Å². The van der Waals surface area contributed by atoms with Crippen molar-refractivity contribution < 1.29 is 13.9 Å². The van der Waals surface area contributed by atoms with Crippen molar-refractivity contribution in [1.29, 1.82) is 0 Å². The number of pyridine rings is 1. The Morgan fingerprint density at radius 3 is 2.94 bits per heavy atom. The van der Waals surface area contributed by atoms with Gasteiger partial charge in [-0.3, -0.25) is 0 Å². The second kappa shape index (κ2) is 4.37. The number of benzene rings is 1. The number of carbonyl (C=O) groups is 1. The normalized spacial score (nSPS) is 14.7. The lowest BCUT2D eigenvalue weighted by molar-refractivity contribution is 0.0479. The van der Waals surface area contributed by atoms with Crippen LogP contribution in [0, 0.1) is 11.7 Å². The van der Waals surface area contributed by atoms with Crippen molar-refractivity contribution in [1.82, 2.24) is 4.98 Å². The van der Waals surface area contributed by atoms with Crippen molar-refractivity contribution in [3.05, 3.63) is 41.8 Å². The zero-order chi connectivity index (χ0) is 12.5. The van der Waals surface area contributed by atoms with Crippen LogP contribution in [0.5, 0.6) is 0 Å². The highest BCUT2D eigenvalue weighted by Crippen LogP contribution is 2.29. The second-order valence-corrected chi connectivity index (χ2v) is 4.58. The Hall–Kier alpha value is -1.97. The number of ether oxygens (including phenoxy) is 1. The van der Waals surface area contributed by atoms with Crippen molar-refractivity contribution in [3.8, 4) is 0 Å². The molecule has 1 aromatic heterocycles. The second-order valence-electron chi connectivity index (χ2n) is 4.58. The van der Waals surface area contributed by atoms with Crippen molar-refractivity contribution in [3.63, 3.8) is 0 Å². The van der Waals surface area contributed by atoms with E-state index in [0.29, 0.717) is 23.4 Å². The molecule has 1 aromatic carbocycles. The van der Waals surface area contributed by atoms with Crippen molar-refractivity contribution in [2.75, 3.05) is 6.61 Å². The largest absolute Gasteiger partial charge is 0.461 e. The average Bonchev–Trinajstić information content (AvgIpc) is 3.19. The van der Waals surface area contributed by atoms with E-state index in [0.717, 1.165) is 12.8 Å². The van der Waals surface area contributed by atoms with Gasteiger partial charge in [0.1, 0.15) is 11.5 Å². The standard InChI is InChI=1S/C14H12FNO2/c15-11-4-6-12-10(7-11)3-5-13(16-12)14(17)18-8-9-1-2-9/h3-7,9H,1-2,8H2. The quantitative estimate of drug-likeness (QED) is 0.780. The van der Waals surface area contributed by atoms with Crippen LogP contribution in [0.15, 0.2) is 30.3 Å². The fraction of sp³-hybridized carbons (Fsp3) is 0.286. The van der Waals surface area contributed by atoms with E-state index in [2.05, 4.69) is 4.98 Å². The minimum absolute atomic E-state index is 0.273. The van der Waals surface area contributed by atoms with Gasteiger partial charge < -0.3 is 4.74 Å². The molecule has 0 radical (unpaired) electrons. The Labute approximate surface area is 104 Å². The first-order valence-corrected chi connectivity index (χ1v) is 5.96. The van der Waals surface area contributed by atoms with E-state index < -0.39 is 5.97 Å². The molecule has 1 aliphatic carbocycles. The molecule has 3 rings (SSSR count). The maximum absolute atomic E-state index is 13.0. The number of hydrogen-bond donors (Lipinski definition) is 0. The number of carbonyl (C=O) groups excluding carboxylic acids is 1. The topological polar surface area (TPSA) is 39.2 Å². The van der Waals surface area contributed by atoms with E-state index in [1.54, 1.807) is 18.2 Å². The molecule has 18 heavy (non-hydrogen) atoms. The summed E-state index contributed by atoms with van der Waals surface area (Å²) in [5.41, 5.74) is 0.868. The molecule has 0 spiro atoms. The molecule has 0 N–H and O–H groups in total. The third kappa shape index (κ3) is 2.32. The monoisotopic (exact) mass is 245 g/mol. The molecular weight excluding hydrogens is 233 g/mol. The molecule has 2 aromatic rings. The van der Waals surface area contributed by atoms with Gasteiger partial charge in [0.2, 0.25) is 0 Å². The first-order valence-electron chi connectivity index (χ1n) is 5.96. The number of rotatable bonds is 3.